The normalized spacial score (nSPS) is 10.2. The predicted molar refractivity (Wildman–Crippen MR) is 99.5 cm³/mol. The molecule has 136 valence electrons. The number of hydrogen-bond donors (Lipinski definition) is 1. The van der Waals surface area contributed by atoms with Crippen molar-refractivity contribution in [1.82, 2.24) is 5.32 Å². The van der Waals surface area contributed by atoms with Gasteiger partial charge in [0.1, 0.15) is 0 Å². The maximum atomic E-state index is 12.0. The van der Waals surface area contributed by atoms with Crippen molar-refractivity contribution in [3.63, 3.8) is 0 Å². The highest BCUT2D eigenvalue weighted by Gasteiger charge is 2.11. The van der Waals surface area contributed by atoms with Gasteiger partial charge in [-0.05, 0) is 36.2 Å². The lowest BCUT2D eigenvalue weighted by Gasteiger charge is -2.07. The summed E-state index contributed by atoms with van der Waals surface area (Å²) < 4.78 is 4.96. The highest BCUT2D eigenvalue weighted by Crippen LogP contribution is 2.09. The number of benzene rings is 2. The van der Waals surface area contributed by atoms with Crippen molar-refractivity contribution in [3.05, 3.63) is 70.2 Å². The summed E-state index contributed by atoms with van der Waals surface area (Å²) in [6.07, 6.45) is 0.882. The van der Waals surface area contributed by atoms with Gasteiger partial charge in [0, 0.05) is 22.7 Å². The lowest BCUT2D eigenvalue weighted by molar-refractivity contribution is -0.142. The highest BCUT2D eigenvalue weighted by molar-refractivity contribution is 6.30. The van der Waals surface area contributed by atoms with E-state index < -0.39 is 5.97 Å². The van der Waals surface area contributed by atoms with Gasteiger partial charge in [0.05, 0.1) is 6.42 Å². The maximum absolute atomic E-state index is 12.0. The van der Waals surface area contributed by atoms with Crippen LogP contribution in [-0.4, -0.2) is 30.8 Å². The minimum Gasteiger partial charge on any atom is -0.457 e. The first-order valence-electron chi connectivity index (χ1n) is 8.31. The van der Waals surface area contributed by atoms with E-state index in [0.717, 1.165) is 12.0 Å². The second-order valence-corrected chi connectivity index (χ2v) is 6.08. The number of aryl methyl sites for hydroxylation is 1. The number of esters is 1. The van der Waals surface area contributed by atoms with Gasteiger partial charge in [-0.15, -0.1) is 0 Å². The topological polar surface area (TPSA) is 72.5 Å². The summed E-state index contributed by atoms with van der Waals surface area (Å²) in [6, 6.07) is 13.6. The van der Waals surface area contributed by atoms with Gasteiger partial charge in [0.15, 0.2) is 12.4 Å². The fraction of sp³-hybridized carbons (Fsp3) is 0.250. The van der Waals surface area contributed by atoms with E-state index in [1.54, 1.807) is 36.4 Å². The summed E-state index contributed by atoms with van der Waals surface area (Å²) in [5.74, 6) is -1.10. The average molecular weight is 374 g/mol. The van der Waals surface area contributed by atoms with Crippen molar-refractivity contribution >= 4 is 29.3 Å². The summed E-state index contributed by atoms with van der Waals surface area (Å²) in [4.78, 5) is 35.6. The number of carbonyl (C=O) groups is 3. The largest absolute Gasteiger partial charge is 0.457 e. The Labute approximate surface area is 157 Å². The van der Waals surface area contributed by atoms with Gasteiger partial charge >= 0.3 is 5.97 Å². The first kappa shape index (κ1) is 19.7. The number of carbonyl (C=O) groups excluding carboxylic acids is 3. The van der Waals surface area contributed by atoms with Crippen LogP contribution in [0.5, 0.6) is 0 Å². The van der Waals surface area contributed by atoms with Crippen LogP contribution in [0.3, 0.4) is 0 Å². The van der Waals surface area contributed by atoms with Crippen LogP contribution >= 0.6 is 11.6 Å². The zero-order valence-electron chi connectivity index (χ0n) is 14.5. The molecule has 26 heavy (non-hydrogen) atoms. The molecule has 0 unspecified atom stereocenters. The number of amides is 1. The maximum Gasteiger partial charge on any atom is 0.308 e. The van der Waals surface area contributed by atoms with Crippen LogP contribution in [0.15, 0.2) is 48.5 Å². The molecule has 1 N–H and O–H groups in total. The summed E-state index contributed by atoms with van der Waals surface area (Å²) in [6.45, 7) is 1.85. The molecule has 0 spiro atoms. The number of ketones is 1. The molecule has 0 atom stereocenters. The predicted octanol–water partition coefficient (Wildman–Crippen LogP) is 3.45. The van der Waals surface area contributed by atoms with Gasteiger partial charge < -0.3 is 10.1 Å². The number of ether oxygens (including phenoxy) is 1. The molecule has 2 aromatic rings. The van der Waals surface area contributed by atoms with Crippen molar-refractivity contribution < 1.29 is 19.1 Å². The number of nitrogens with one attached hydrogen (secondary N) is 1. The molecule has 0 aliphatic carbocycles. The molecule has 6 heteroatoms. The van der Waals surface area contributed by atoms with Crippen LogP contribution in [0.1, 0.15) is 39.6 Å². The zero-order valence-corrected chi connectivity index (χ0v) is 15.2. The smallest absolute Gasteiger partial charge is 0.308 e. The Balaban J connectivity index is 1.70. The number of halogens is 1. The molecule has 2 aromatic carbocycles. The van der Waals surface area contributed by atoms with E-state index in [9.17, 15) is 14.4 Å². The van der Waals surface area contributed by atoms with Crippen LogP contribution < -0.4 is 5.32 Å². The lowest BCUT2D eigenvalue weighted by atomic mass is 10.1. The monoisotopic (exact) mass is 373 g/mol. The molecule has 0 aromatic heterocycles. The summed E-state index contributed by atoms with van der Waals surface area (Å²) >= 11 is 5.76. The standard InChI is InChI=1S/C20H20ClNO4/c1-2-14-3-5-15(6-4-14)18(23)13-26-19(24)11-12-22-20(25)16-7-9-17(21)10-8-16/h3-10H,2,11-13H2,1H3,(H,22,25). The molecule has 0 saturated carbocycles. The molecule has 0 aliphatic heterocycles. The van der Waals surface area contributed by atoms with E-state index in [4.69, 9.17) is 16.3 Å². The molecular formula is C20H20ClNO4. The van der Waals surface area contributed by atoms with Crippen LogP contribution in [0.4, 0.5) is 0 Å². The molecule has 0 bridgehead atoms. The van der Waals surface area contributed by atoms with Crippen molar-refractivity contribution in [3.8, 4) is 0 Å². The lowest BCUT2D eigenvalue weighted by Crippen LogP contribution is -2.27. The number of rotatable bonds is 8. The van der Waals surface area contributed by atoms with Crippen molar-refractivity contribution in [2.45, 2.75) is 19.8 Å². The van der Waals surface area contributed by atoms with Gasteiger partial charge in [-0.3, -0.25) is 14.4 Å². The van der Waals surface area contributed by atoms with Gasteiger partial charge in [-0.2, -0.15) is 0 Å². The Morgan fingerprint density at radius 3 is 2.19 bits per heavy atom. The van der Waals surface area contributed by atoms with Crippen LogP contribution in [-0.2, 0) is 16.0 Å². The molecule has 2 rings (SSSR count). The molecule has 1 amide bonds. The Bertz CT molecular complexity index is 769. The Morgan fingerprint density at radius 2 is 1.58 bits per heavy atom. The van der Waals surface area contributed by atoms with E-state index >= 15 is 0 Å². The fourth-order valence-electron chi connectivity index (χ4n) is 2.21. The van der Waals surface area contributed by atoms with Gasteiger partial charge in [-0.25, -0.2) is 0 Å². The molecule has 0 saturated heterocycles. The van der Waals surface area contributed by atoms with E-state index in [0.29, 0.717) is 16.1 Å². The van der Waals surface area contributed by atoms with Crippen LogP contribution in [0, 0.1) is 0 Å². The van der Waals surface area contributed by atoms with E-state index in [1.165, 1.54) is 0 Å². The average Bonchev–Trinajstić information content (AvgIpc) is 2.66. The fourth-order valence-corrected chi connectivity index (χ4v) is 2.34. The molecule has 0 fully saturated rings. The molecule has 0 heterocycles. The first-order valence-corrected chi connectivity index (χ1v) is 8.69. The van der Waals surface area contributed by atoms with Gasteiger partial charge in [-0.1, -0.05) is 42.8 Å². The second kappa shape index (κ2) is 9.73. The molecule has 0 radical (unpaired) electrons. The second-order valence-electron chi connectivity index (χ2n) is 5.65. The minimum atomic E-state index is -0.542. The summed E-state index contributed by atoms with van der Waals surface area (Å²) in [7, 11) is 0. The van der Waals surface area contributed by atoms with Crippen LogP contribution in [0.2, 0.25) is 5.02 Å². The van der Waals surface area contributed by atoms with Crippen LogP contribution in [0.25, 0.3) is 0 Å². The first-order chi connectivity index (χ1) is 12.5. The van der Waals surface area contributed by atoms with Crippen molar-refractivity contribution in [2.75, 3.05) is 13.2 Å². The third kappa shape index (κ3) is 6.01. The molecule has 0 aliphatic rings. The van der Waals surface area contributed by atoms with E-state index in [-0.39, 0.29) is 31.3 Å². The third-order valence-corrected chi connectivity index (χ3v) is 4.02. The molecular weight excluding hydrogens is 354 g/mol. The minimum absolute atomic E-state index is 0.0125. The van der Waals surface area contributed by atoms with Crippen molar-refractivity contribution in [1.29, 1.82) is 0 Å². The number of hydrogen-bond acceptors (Lipinski definition) is 4. The highest BCUT2D eigenvalue weighted by atomic mass is 35.5. The SMILES string of the molecule is CCc1ccc(C(=O)COC(=O)CCNC(=O)c2ccc(Cl)cc2)cc1. The van der Waals surface area contributed by atoms with E-state index in [2.05, 4.69) is 5.32 Å². The Morgan fingerprint density at radius 1 is 0.962 bits per heavy atom. The molecule has 5 nitrogen and oxygen atoms in total. The van der Waals surface area contributed by atoms with Crippen molar-refractivity contribution in [2.24, 2.45) is 0 Å². The van der Waals surface area contributed by atoms with Gasteiger partial charge in [0.25, 0.3) is 5.91 Å². The van der Waals surface area contributed by atoms with E-state index in [1.807, 2.05) is 19.1 Å². The van der Waals surface area contributed by atoms with Gasteiger partial charge in [0.2, 0.25) is 0 Å². The Hall–Kier alpha value is -2.66. The number of Topliss-reactive ketones (excluding diaryl/α,β-unsaturated/α-hetero) is 1. The Kier molecular flexibility index (Phi) is 7.36. The summed E-state index contributed by atoms with van der Waals surface area (Å²) in [5.41, 5.74) is 2.09. The zero-order chi connectivity index (χ0) is 18.9. The quantitative estimate of drug-likeness (QED) is 0.568. The summed E-state index contributed by atoms with van der Waals surface area (Å²) in [5, 5.41) is 3.15. The third-order valence-electron chi connectivity index (χ3n) is 3.77.